The third kappa shape index (κ3) is 3.01. The van der Waals surface area contributed by atoms with E-state index in [9.17, 15) is 9.59 Å². The van der Waals surface area contributed by atoms with Gasteiger partial charge in [-0.15, -0.1) is 0 Å². The summed E-state index contributed by atoms with van der Waals surface area (Å²) in [6.45, 7) is 5.10. The Kier molecular flexibility index (Phi) is 4.44. The molecule has 2 unspecified atom stereocenters. The van der Waals surface area contributed by atoms with Crippen molar-refractivity contribution >= 4 is 11.9 Å². The van der Waals surface area contributed by atoms with Crippen LogP contribution in [-0.4, -0.2) is 51.7 Å². The number of carboxylic acid groups (broad SMARTS) is 1. The molecule has 1 aromatic heterocycles. The molecule has 110 valence electrons. The molecule has 1 N–H and O–H groups in total. The third-order valence-electron chi connectivity index (χ3n) is 3.61. The lowest BCUT2D eigenvalue weighted by Crippen LogP contribution is -2.52. The first-order valence-electron chi connectivity index (χ1n) is 6.82. The molecular weight excluding hydrogens is 260 g/mol. The summed E-state index contributed by atoms with van der Waals surface area (Å²) in [6, 6.07) is 3.20. The SMILES string of the molecule is CCC1COC(C)CN1C(=O)Cn1cccc1C(=O)O. The summed E-state index contributed by atoms with van der Waals surface area (Å²) in [5, 5.41) is 9.05. The number of carbonyl (C=O) groups is 2. The summed E-state index contributed by atoms with van der Waals surface area (Å²) in [7, 11) is 0. The Hall–Kier alpha value is -1.82. The molecule has 1 saturated heterocycles. The molecule has 1 aliphatic rings. The van der Waals surface area contributed by atoms with Gasteiger partial charge in [-0.2, -0.15) is 0 Å². The molecule has 0 aromatic carbocycles. The highest BCUT2D eigenvalue weighted by Crippen LogP contribution is 2.15. The highest BCUT2D eigenvalue weighted by molar-refractivity contribution is 5.87. The predicted octanol–water partition coefficient (Wildman–Crippen LogP) is 1.21. The average molecular weight is 280 g/mol. The average Bonchev–Trinajstić information content (AvgIpc) is 2.87. The fraction of sp³-hybridized carbons (Fsp3) is 0.571. The van der Waals surface area contributed by atoms with Crippen molar-refractivity contribution in [1.29, 1.82) is 0 Å². The Labute approximate surface area is 117 Å². The van der Waals surface area contributed by atoms with Gasteiger partial charge >= 0.3 is 5.97 Å². The van der Waals surface area contributed by atoms with Gasteiger partial charge in [0.1, 0.15) is 12.2 Å². The molecule has 0 saturated carbocycles. The number of ether oxygens (including phenoxy) is 1. The molecule has 2 rings (SSSR count). The number of aromatic nitrogens is 1. The zero-order valence-corrected chi connectivity index (χ0v) is 11.8. The van der Waals surface area contributed by atoms with E-state index < -0.39 is 5.97 Å². The largest absolute Gasteiger partial charge is 0.477 e. The van der Waals surface area contributed by atoms with Gasteiger partial charge in [-0.25, -0.2) is 4.79 Å². The maximum Gasteiger partial charge on any atom is 0.352 e. The second-order valence-corrected chi connectivity index (χ2v) is 5.08. The second kappa shape index (κ2) is 6.09. The van der Waals surface area contributed by atoms with Crippen LogP contribution in [0.5, 0.6) is 0 Å². The van der Waals surface area contributed by atoms with Crippen LogP contribution in [-0.2, 0) is 16.1 Å². The number of hydrogen-bond acceptors (Lipinski definition) is 3. The van der Waals surface area contributed by atoms with E-state index in [1.807, 2.05) is 13.8 Å². The quantitative estimate of drug-likeness (QED) is 0.900. The lowest BCUT2D eigenvalue weighted by molar-refractivity contribution is -0.145. The fourth-order valence-electron chi connectivity index (χ4n) is 2.47. The van der Waals surface area contributed by atoms with Crippen molar-refractivity contribution in [2.24, 2.45) is 0 Å². The summed E-state index contributed by atoms with van der Waals surface area (Å²) in [5.41, 5.74) is 0.132. The molecule has 1 aliphatic heterocycles. The van der Waals surface area contributed by atoms with E-state index in [2.05, 4.69) is 0 Å². The standard InChI is InChI=1S/C14H20N2O4/c1-3-11-9-20-10(2)7-16(11)13(17)8-15-6-4-5-12(15)14(18)19/h4-6,10-11H,3,7-9H2,1-2H3,(H,18,19). The molecule has 1 aromatic rings. The summed E-state index contributed by atoms with van der Waals surface area (Å²) >= 11 is 0. The van der Waals surface area contributed by atoms with Gasteiger partial charge in [0.25, 0.3) is 0 Å². The van der Waals surface area contributed by atoms with Crippen molar-refractivity contribution in [2.75, 3.05) is 13.2 Å². The smallest absolute Gasteiger partial charge is 0.352 e. The summed E-state index contributed by atoms with van der Waals surface area (Å²) in [5.74, 6) is -1.09. The molecule has 2 atom stereocenters. The molecule has 6 heteroatoms. The van der Waals surface area contributed by atoms with E-state index in [1.54, 1.807) is 17.2 Å². The van der Waals surface area contributed by atoms with Gasteiger partial charge in [-0.05, 0) is 25.5 Å². The van der Waals surface area contributed by atoms with Crippen molar-refractivity contribution in [3.05, 3.63) is 24.0 Å². The number of nitrogens with zero attached hydrogens (tertiary/aromatic N) is 2. The lowest BCUT2D eigenvalue weighted by atomic mass is 10.1. The van der Waals surface area contributed by atoms with Gasteiger partial charge in [0.2, 0.25) is 5.91 Å². The number of aromatic carboxylic acids is 1. The summed E-state index contributed by atoms with van der Waals surface area (Å²) in [4.78, 5) is 25.3. The molecule has 20 heavy (non-hydrogen) atoms. The van der Waals surface area contributed by atoms with Crippen molar-refractivity contribution < 1.29 is 19.4 Å². The summed E-state index contributed by atoms with van der Waals surface area (Å²) in [6.07, 6.45) is 2.47. The van der Waals surface area contributed by atoms with Crippen LogP contribution in [0.4, 0.5) is 0 Å². The topological polar surface area (TPSA) is 71.8 Å². The zero-order valence-electron chi connectivity index (χ0n) is 11.8. The van der Waals surface area contributed by atoms with Crippen LogP contribution >= 0.6 is 0 Å². The molecular formula is C14H20N2O4. The first kappa shape index (κ1) is 14.6. The van der Waals surface area contributed by atoms with Gasteiger partial charge in [0, 0.05) is 12.7 Å². The molecule has 0 radical (unpaired) electrons. The van der Waals surface area contributed by atoms with Crippen LogP contribution in [0.15, 0.2) is 18.3 Å². The maximum absolute atomic E-state index is 12.4. The minimum Gasteiger partial charge on any atom is -0.477 e. The normalized spacial score (nSPS) is 22.8. The van der Waals surface area contributed by atoms with Crippen LogP contribution in [0, 0.1) is 0 Å². The Balaban J connectivity index is 2.10. The van der Waals surface area contributed by atoms with Gasteiger partial charge in [0.05, 0.1) is 18.8 Å². The van der Waals surface area contributed by atoms with Crippen molar-refractivity contribution in [3.63, 3.8) is 0 Å². The maximum atomic E-state index is 12.4. The summed E-state index contributed by atoms with van der Waals surface area (Å²) < 4.78 is 7.03. The van der Waals surface area contributed by atoms with Gasteiger partial charge < -0.3 is 19.3 Å². The monoisotopic (exact) mass is 280 g/mol. The highest BCUT2D eigenvalue weighted by atomic mass is 16.5. The fourth-order valence-corrected chi connectivity index (χ4v) is 2.47. The Morgan fingerprint density at radius 2 is 2.25 bits per heavy atom. The second-order valence-electron chi connectivity index (χ2n) is 5.08. The molecule has 0 spiro atoms. The van der Waals surface area contributed by atoms with E-state index >= 15 is 0 Å². The Morgan fingerprint density at radius 3 is 2.90 bits per heavy atom. The Morgan fingerprint density at radius 1 is 1.50 bits per heavy atom. The van der Waals surface area contributed by atoms with Gasteiger partial charge in [-0.1, -0.05) is 6.92 Å². The third-order valence-corrected chi connectivity index (χ3v) is 3.61. The predicted molar refractivity (Wildman–Crippen MR) is 72.6 cm³/mol. The van der Waals surface area contributed by atoms with Gasteiger partial charge in [-0.3, -0.25) is 4.79 Å². The number of hydrogen-bond donors (Lipinski definition) is 1. The van der Waals surface area contributed by atoms with Gasteiger partial charge in [0.15, 0.2) is 0 Å². The number of carboxylic acids is 1. The van der Waals surface area contributed by atoms with Crippen LogP contribution in [0.2, 0.25) is 0 Å². The van der Waals surface area contributed by atoms with E-state index in [0.29, 0.717) is 13.2 Å². The molecule has 0 bridgehead atoms. The van der Waals surface area contributed by atoms with Crippen LogP contribution in [0.1, 0.15) is 30.8 Å². The molecule has 6 nitrogen and oxygen atoms in total. The van der Waals surface area contributed by atoms with Crippen molar-refractivity contribution in [1.82, 2.24) is 9.47 Å². The first-order chi connectivity index (χ1) is 9.52. The van der Waals surface area contributed by atoms with Crippen molar-refractivity contribution in [3.8, 4) is 0 Å². The molecule has 1 fully saturated rings. The van der Waals surface area contributed by atoms with Crippen LogP contribution in [0.25, 0.3) is 0 Å². The minimum atomic E-state index is -1.02. The lowest BCUT2D eigenvalue weighted by Gasteiger charge is -2.38. The van der Waals surface area contributed by atoms with Crippen LogP contribution in [0.3, 0.4) is 0 Å². The van der Waals surface area contributed by atoms with E-state index in [1.165, 1.54) is 10.6 Å². The number of rotatable bonds is 4. The number of amides is 1. The number of morpholine rings is 1. The molecule has 0 aliphatic carbocycles. The van der Waals surface area contributed by atoms with Crippen molar-refractivity contribution in [2.45, 2.75) is 39.0 Å². The minimum absolute atomic E-state index is 0.0188. The van der Waals surface area contributed by atoms with E-state index in [0.717, 1.165) is 6.42 Å². The van der Waals surface area contributed by atoms with Crippen LogP contribution < -0.4 is 0 Å². The van der Waals surface area contributed by atoms with E-state index in [4.69, 9.17) is 9.84 Å². The Bertz CT molecular complexity index is 497. The first-order valence-corrected chi connectivity index (χ1v) is 6.82. The molecule has 1 amide bonds. The zero-order chi connectivity index (χ0) is 14.7. The number of carbonyl (C=O) groups excluding carboxylic acids is 1. The highest BCUT2D eigenvalue weighted by Gasteiger charge is 2.29. The molecule has 2 heterocycles. The van der Waals surface area contributed by atoms with E-state index in [-0.39, 0.29) is 30.3 Å².